The predicted octanol–water partition coefficient (Wildman–Crippen LogP) is 0.390. The van der Waals surface area contributed by atoms with E-state index in [9.17, 15) is 8.42 Å². The number of nitrogens with one attached hydrogen (secondary N) is 2. The van der Waals surface area contributed by atoms with Crippen molar-refractivity contribution < 1.29 is 8.42 Å². The minimum atomic E-state index is -3.12. The van der Waals surface area contributed by atoms with Gasteiger partial charge in [-0.3, -0.25) is 0 Å². The van der Waals surface area contributed by atoms with Crippen LogP contribution in [0, 0.1) is 0 Å². The van der Waals surface area contributed by atoms with Crippen LogP contribution in [-0.2, 0) is 10.0 Å². The number of rotatable bonds is 9. The van der Waals surface area contributed by atoms with Crippen molar-refractivity contribution in [2.45, 2.75) is 39.2 Å². The van der Waals surface area contributed by atoms with Crippen LogP contribution in [0.1, 0.15) is 33.1 Å². The van der Waals surface area contributed by atoms with Crippen molar-refractivity contribution in [3.63, 3.8) is 0 Å². The van der Waals surface area contributed by atoms with Crippen molar-refractivity contribution in [1.29, 1.82) is 0 Å². The summed E-state index contributed by atoms with van der Waals surface area (Å²) in [6, 6.07) is 0.00670. The third-order valence-corrected chi connectivity index (χ3v) is 4.72. The molecule has 108 valence electrons. The van der Waals surface area contributed by atoms with Gasteiger partial charge >= 0.3 is 0 Å². The highest BCUT2D eigenvalue weighted by molar-refractivity contribution is 7.89. The van der Waals surface area contributed by atoms with Crippen LogP contribution < -0.4 is 10.0 Å². The lowest BCUT2D eigenvalue weighted by molar-refractivity contribution is 0.312. The van der Waals surface area contributed by atoms with Gasteiger partial charge in [-0.25, -0.2) is 13.1 Å². The summed E-state index contributed by atoms with van der Waals surface area (Å²) in [5, 5.41) is 3.13. The molecule has 0 spiro atoms. The van der Waals surface area contributed by atoms with E-state index >= 15 is 0 Å². The Morgan fingerprint density at radius 1 is 1.28 bits per heavy atom. The highest BCUT2D eigenvalue weighted by Gasteiger charge is 2.18. The SMILES string of the molecule is CCNCCCS(=O)(=O)NC(C)CN1CCCC1. The lowest BCUT2D eigenvalue weighted by Gasteiger charge is -2.21. The summed E-state index contributed by atoms with van der Waals surface area (Å²) in [6.45, 7) is 8.65. The largest absolute Gasteiger partial charge is 0.317 e. The van der Waals surface area contributed by atoms with Crippen molar-refractivity contribution in [3.8, 4) is 0 Å². The van der Waals surface area contributed by atoms with E-state index in [1.807, 2.05) is 13.8 Å². The fraction of sp³-hybridized carbons (Fsp3) is 1.00. The zero-order chi connectivity index (χ0) is 13.4. The molecule has 1 unspecified atom stereocenters. The van der Waals surface area contributed by atoms with E-state index in [2.05, 4.69) is 14.9 Å². The van der Waals surface area contributed by atoms with Gasteiger partial charge in [0.1, 0.15) is 0 Å². The van der Waals surface area contributed by atoms with Crippen LogP contribution in [-0.4, -0.2) is 57.8 Å². The van der Waals surface area contributed by atoms with Gasteiger partial charge in [-0.1, -0.05) is 6.92 Å². The standard InChI is InChI=1S/C12H27N3O2S/c1-3-13-7-6-10-18(16,17)14-12(2)11-15-8-4-5-9-15/h12-14H,3-11H2,1-2H3. The maximum absolute atomic E-state index is 11.8. The second-order valence-corrected chi connectivity index (χ2v) is 6.93. The second-order valence-electron chi connectivity index (χ2n) is 5.05. The molecule has 1 saturated heterocycles. The number of hydrogen-bond acceptors (Lipinski definition) is 4. The average molecular weight is 277 g/mol. The molecule has 6 heteroatoms. The molecule has 0 aromatic carbocycles. The molecule has 18 heavy (non-hydrogen) atoms. The Balaban J connectivity index is 2.21. The van der Waals surface area contributed by atoms with Gasteiger partial charge in [0.25, 0.3) is 0 Å². The van der Waals surface area contributed by atoms with Crippen LogP contribution >= 0.6 is 0 Å². The van der Waals surface area contributed by atoms with Crippen LogP contribution in [0.2, 0.25) is 0 Å². The number of nitrogens with zero attached hydrogens (tertiary/aromatic N) is 1. The predicted molar refractivity (Wildman–Crippen MR) is 75.2 cm³/mol. The molecule has 0 amide bonds. The zero-order valence-electron chi connectivity index (χ0n) is 11.6. The topological polar surface area (TPSA) is 61.4 Å². The molecule has 1 rings (SSSR count). The molecular weight excluding hydrogens is 250 g/mol. The first-order valence-electron chi connectivity index (χ1n) is 6.96. The molecule has 0 saturated carbocycles. The maximum Gasteiger partial charge on any atom is 0.211 e. The third kappa shape index (κ3) is 6.68. The van der Waals surface area contributed by atoms with E-state index in [-0.39, 0.29) is 11.8 Å². The molecule has 0 bridgehead atoms. The fourth-order valence-corrected chi connectivity index (χ4v) is 3.65. The smallest absolute Gasteiger partial charge is 0.211 e. The number of sulfonamides is 1. The van der Waals surface area contributed by atoms with Crippen LogP contribution in [0.4, 0.5) is 0 Å². The summed E-state index contributed by atoms with van der Waals surface area (Å²) in [7, 11) is -3.12. The lowest BCUT2D eigenvalue weighted by atomic mass is 10.3. The molecule has 5 nitrogen and oxygen atoms in total. The van der Waals surface area contributed by atoms with E-state index < -0.39 is 10.0 Å². The van der Waals surface area contributed by atoms with Gasteiger partial charge in [-0.2, -0.15) is 0 Å². The first kappa shape index (κ1) is 15.9. The summed E-state index contributed by atoms with van der Waals surface area (Å²) in [6.07, 6.45) is 3.14. The first-order valence-corrected chi connectivity index (χ1v) is 8.62. The normalized spacial score (nSPS) is 19.2. The summed E-state index contributed by atoms with van der Waals surface area (Å²) >= 11 is 0. The van der Waals surface area contributed by atoms with E-state index in [4.69, 9.17) is 0 Å². The average Bonchev–Trinajstić information content (AvgIpc) is 2.76. The molecule has 0 aromatic heterocycles. The molecule has 0 radical (unpaired) electrons. The Kier molecular flexibility index (Phi) is 7.14. The van der Waals surface area contributed by atoms with Crippen LogP contribution in [0.3, 0.4) is 0 Å². The van der Waals surface area contributed by atoms with Crippen LogP contribution in [0.15, 0.2) is 0 Å². The molecule has 0 aliphatic carbocycles. The quantitative estimate of drug-likeness (QED) is 0.599. The Morgan fingerprint density at radius 2 is 1.94 bits per heavy atom. The highest BCUT2D eigenvalue weighted by atomic mass is 32.2. The number of hydrogen-bond donors (Lipinski definition) is 2. The minimum Gasteiger partial charge on any atom is -0.317 e. The van der Waals surface area contributed by atoms with Crippen LogP contribution in [0.5, 0.6) is 0 Å². The van der Waals surface area contributed by atoms with Gasteiger partial charge < -0.3 is 10.2 Å². The Hall–Kier alpha value is -0.170. The van der Waals surface area contributed by atoms with E-state index in [0.717, 1.165) is 32.7 Å². The van der Waals surface area contributed by atoms with Gasteiger partial charge in [-0.15, -0.1) is 0 Å². The molecule has 1 atom stereocenters. The van der Waals surface area contributed by atoms with Crippen molar-refractivity contribution in [2.24, 2.45) is 0 Å². The molecule has 1 aliphatic rings. The van der Waals surface area contributed by atoms with E-state index in [0.29, 0.717) is 6.42 Å². The first-order chi connectivity index (χ1) is 8.53. The van der Waals surface area contributed by atoms with Gasteiger partial charge in [0.15, 0.2) is 0 Å². The summed E-state index contributed by atoms with van der Waals surface area (Å²) < 4.78 is 26.4. The van der Waals surface area contributed by atoms with E-state index in [1.54, 1.807) is 0 Å². The summed E-state index contributed by atoms with van der Waals surface area (Å²) in [5.41, 5.74) is 0. The molecule has 2 N–H and O–H groups in total. The van der Waals surface area contributed by atoms with Crippen LogP contribution in [0.25, 0.3) is 0 Å². The van der Waals surface area contributed by atoms with E-state index in [1.165, 1.54) is 12.8 Å². The number of likely N-dealkylation sites (tertiary alicyclic amines) is 1. The Bertz CT molecular complexity index is 313. The Labute approximate surface area is 111 Å². The molecular formula is C12H27N3O2S. The lowest BCUT2D eigenvalue weighted by Crippen LogP contribution is -2.42. The van der Waals surface area contributed by atoms with Gasteiger partial charge in [0.2, 0.25) is 10.0 Å². The molecule has 1 fully saturated rings. The molecule has 1 aliphatic heterocycles. The molecule has 1 heterocycles. The summed E-state index contributed by atoms with van der Waals surface area (Å²) in [4.78, 5) is 2.33. The second kappa shape index (κ2) is 8.09. The van der Waals surface area contributed by atoms with Gasteiger partial charge in [0.05, 0.1) is 5.75 Å². The van der Waals surface area contributed by atoms with Gasteiger partial charge in [0, 0.05) is 12.6 Å². The minimum absolute atomic E-state index is 0.00670. The van der Waals surface area contributed by atoms with Crippen molar-refractivity contribution >= 4 is 10.0 Å². The van der Waals surface area contributed by atoms with Crippen molar-refractivity contribution in [3.05, 3.63) is 0 Å². The fourth-order valence-electron chi connectivity index (χ4n) is 2.32. The monoisotopic (exact) mass is 277 g/mol. The maximum atomic E-state index is 11.8. The zero-order valence-corrected chi connectivity index (χ0v) is 12.4. The summed E-state index contributed by atoms with van der Waals surface area (Å²) in [5.74, 6) is 0.213. The highest BCUT2D eigenvalue weighted by Crippen LogP contribution is 2.07. The van der Waals surface area contributed by atoms with Gasteiger partial charge in [-0.05, 0) is 52.4 Å². The third-order valence-electron chi connectivity index (χ3n) is 3.13. The van der Waals surface area contributed by atoms with Crippen molar-refractivity contribution in [2.75, 3.05) is 38.5 Å². The molecule has 0 aromatic rings. The van der Waals surface area contributed by atoms with Crippen molar-refractivity contribution in [1.82, 2.24) is 14.9 Å². The Morgan fingerprint density at radius 3 is 2.56 bits per heavy atom.